The summed E-state index contributed by atoms with van der Waals surface area (Å²) in [4.78, 5) is 10.4. The second kappa shape index (κ2) is 6.29. The Hall–Kier alpha value is -1.32. The second-order valence-corrected chi connectivity index (χ2v) is 8.29. The van der Waals surface area contributed by atoms with E-state index in [0.717, 1.165) is 31.0 Å². The van der Waals surface area contributed by atoms with Crippen molar-refractivity contribution in [3.05, 3.63) is 28.7 Å². The monoisotopic (exact) mass is 402 g/mol. The largest absolute Gasteiger partial charge is 0.354 e. The Morgan fingerprint density at radius 3 is 2.91 bits per heavy atom. The zero-order chi connectivity index (χ0) is 16.6. The van der Waals surface area contributed by atoms with Gasteiger partial charge in [0.25, 0.3) is 0 Å². The molecule has 2 aromatic rings. The quantitative estimate of drug-likeness (QED) is 0.849. The number of sulfonamides is 1. The summed E-state index contributed by atoms with van der Waals surface area (Å²) in [6.07, 6.45) is 4.19. The summed E-state index contributed by atoms with van der Waals surface area (Å²) < 4.78 is 39.5. The highest BCUT2D eigenvalue weighted by Gasteiger charge is 2.24. The van der Waals surface area contributed by atoms with Gasteiger partial charge < -0.3 is 4.90 Å². The van der Waals surface area contributed by atoms with Gasteiger partial charge in [0.05, 0.1) is 16.2 Å². The number of halogens is 2. The number of aromatic nitrogens is 2. The molecule has 1 aliphatic heterocycles. The van der Waals surface area contributed by atoms with E-state index in [1.165, 1.54) is 12.4 Å². The van der Waals surface area contributed by atoms with Crippen molar-refractivity contribution < 1.29 is 12.8 Å². The summed E-state index contributed by atoms with van der Waals surface area (Å²) >= 11 is 3.19. The lowest BCUT2D eigenvalue weighted by molar-refractivity contribution is 0.466. The van der Waals surface area contributed by atoms with Crippen molar-refractivity contribution in [3.8, 4) is 0 Å². The van der Waals surface area contributed by atoms with Crippen molar-refractivity contribution >= 4 is 42.7 Å². The maximum absolute atomic E-state index is 13.7. The van der Waals surface area contributed by atoms with Crippen LogP contribution in [0.15, 0.2) is 22.9 Å². The number of hydrogen-bond donors (Lipinski definition) is 1. The average molecular weight is 403 g/mol. The van der Waals surface area contributed by atoms with Crippen molar-refractivity contribution in [3.63, 3.8) is 0 Å². The zero-order valence-corrected chi connectivity index (χ0v) is 14.9. The molecular weight excluding hydrogens is 387 g/mol. The molecule has 1 aromatic heterocycles. The lowest BCUT2D eigenvalue weighted by Crippen LogP contribution is -2.47. The number of rotatable bonds is 3. The Kier molecular flexibility index (Phi) is 4.52. The molecule has 0 saturated carbocycles. The summed E-state index contributed by atoms with van der Waals surface area (Å²) in [7, 11) is -3.25. The fourth-order valence-corrected chi connectivity index (χ4v) is 4.00. The van der Waals surface area contributed by atoms with Crippen molar-refractivity contribution in [1.82, 2.24) is 14.7 Å². The third-order valence-corrected chi connectivity index (χ3v) is 5.13. The number of nitrogens with one attached hydrogen (secondary N) is 1. The van der Waals surface area contributed by atoms with Gasteiger partial charge in [-0.1, -0.05) is 0 Å². The van der Waals surface area contributed by atoms with Crippen molar-refractivity contribution in [2.24, 2.45) is 0 Å². The normalized spacial score (nSPS) is 19.3. The van der Waals surface area contributed by atoms with Gasteiger partial charge in [0, 0.05) is 30.6 Å². The van der Waals surface area contributed by atoms with Crippen LogP contribution in [0.3, 0.4) is 0 Å². The Labute approximate surface area is 142 Å². The van der Waals surface area contributed by atoms with Gasteiger partial charge in [-0.25, -0.2) is 27.5 Å². The van der Waals surface area contributed by atoms with Crippen LogP contribution in [0.25, 0.3) is 10.9 Å². The maximum atomic E-state index is 13.7. The van der Waals surface area contributed by atoms with Crippen LogP contribution in [0, 0.1) is 5.82 Å². The SMILES string of the molecule is CS(=O)(=O)NC1CCCN(c2ncnc3cc(F)c(Br)cc23)C1. The standard InChI is InChI=1S/C14H16BrFN4O2S/c1-23(21,22)19-9-3-2-4-20(7-9)14-10-5-11(15)12(16)6-13(10)17-8-18-14/h5-6,8-9,19H,2-4,7H2,1H3. The van der Waals surface area contributed by atoms with E-state index < -0.39 is 10.0 Å². The van der Waals surface area contributed by atoms with Crippen LogP contribution < -0.4 is 9.62 Å². The van der Waals surface area contributed by atoms with E-state index in [2.05, 4.69) is 30.6 Å². The van der Waals surface area contributed by atoms with E-state index in [9.17, 15) is 12.8 Å². The number of fused-ring (bicyclic) bond motifs is 1. The fourth-order valence-electron chi connectivity index (χ4n) is 2.86. The van der Waals surface area contributed by atoms with Gasteiger partial charge in [-0.3, -0.25) is 0 Å². The first-order chi connectivity index (χ1) is 10.8. The van der Waals surface area contributed by atoms with Crippen LogP contribution in [0.4, 0.5) is 10.2 Å². The predicted molar refractivity (Wildman–Crippen MR) is 90.4 cm³/mol. The molecule has 1 saturated heterocycles. The molecular formula is C14H16BrFN4O2S. The molecule has 1 N–H and O–H groups in total. The van der Waals surface area contributed by atoms with Crippen molar-refractivity contribution in [2.75, 3.05) is 24.2 Å². The number of nitrogens with zero attached hydrogens (tertiary/aromatic N) is 3. The third kappa shape index (κ3) is 3.78. The topological polar surface area (TPSA) is 75.2 Å². The van der Waals surface area contributed by atoms with E-state index in [-0.39, 0.29) is 11.9 Å². The van der Waals surface area contributed by atoms with Crippen molar-refractivity contribution in [2.45, 2.75) is 18.9 Å². The average Bonchev–Trinajstić information content (AvgIpc) is 2.46. The third-order valence-electron chi connectivity index (χ3n) is 3.76. The highest BCUT2D eigenvalue weighted by atomic mass is 79.9. The number of benzene rings is 1. The number of hydrogen-bond acceptors (Lipinski definition) is 5. The van der Waals surface area contributed by atoms with Crippen molar-refractivity contribution in [1.29, 1.82) is 0 Å². The Balaban J connectivity index is 1.95. The molecule has 23 heavy (non-hydrogen) atoms. The molecule has 0 amide bonds. The van der Waals surface area contributed by atoms with Gasteiger partial charge in [-0.05, 0) is 34.8 Å². The maximum Gasteiger partial charge on any atom is 0.209 e. The van der Waals surface area contributed by atoms with E-state index >= 15 is 0 Å². The molecule has 124 valence electrons. The Morgan fingerprint density at radius 1 is 1.39 bits per heavy atom. The molecule has 1 unspecified atom stereocenters. The molecule has 0 bridgehead atoms. The molecule has 2 heterocycles. The molecule has 1 aromatic carbocycles. The van der Waals surface area contributed by atoms with E-state index in [1.807, 2.05) is 4.90 Å². The van der Waals surface area contributed by atoms with E-state index in [4.69, 9.17) is 0 Å². The summed E-state index contributed by atoms with van der Waals surface area (Å²) in [6, 6.07) is 2.86. The van der Waals surface area contributed by atoms with Crippen LogP contribution in [0.1, 0.15) is 12.8 Å². The number of anilines is 1. The molecule has 6 nitrogen and oxygen atoms in total. The Morgan fingerprint density at radius 2 is 2.17 bits per heavy atom. The highest BCUT2D eigenvalue weighted by molar-refractivity contribution is 9.10. The van der Waals surface area contributed by atoms with Crippen LogP contribution in [0.5, 0.6) is 0 Å². The van der Waals surface area contributed by atoms with E-state index in [1.54, 1.807) is 6.07 Å². The van der Waals surface area contributed by atoms with Gasteiger partial charge in [0.15, 0.2) is 0 Å². The fraction of sp³-hybridized carbons (Fsp3) is 0.429. The van der Waals surface area contributed by atoms with E-state index in [0.29, 0.717) is 22.4 Å². The lowest BCUT2D eigenvalue weighted by Gasteiger charge is -2.34. The summed E-state index contributed by atoms with van der Waals surface area (Å²) in [5.41, 5.74) is 0.522. The molecule has 3 rings (SSSR count). The van der Waals surface area contributed by atoms with Gasteiger partial charge in [-0.2, -0.15) is 0 Å². The second-order valence-electron chi connectivity index (χ2n) is 5.66. The minimum atomic E-state index is -3.25. The summed E-state index contributed by atoms with van der Waals surface area (Å²) in [6.45, 7) is 1.29. The van der Waals surface area contributed by atoms with Gasteiger partial charge in [0.2, 0.25) is 10.0 Å². The molecule has 1 atom stereocenters. The van der Waals surface area contributed by atoms with Crippen LogP contribution >= 0.6 is 15.9 Å². The number of piperidine rings is 1. The molecule has 9 heteroatoms. The van der Waals surface area contributed by atoms with Gasteiger partial charge in [-0.15, -0.1) is 0 Å². The highest BCUT2D eigenvalue weighted by Crippen LogP contribution is 2.29. The molecule has 0 radical (unpaired) electrons. The summed E-state index contributed by atoms with van der Waals surface area (Å²) in [5.74, 6) is 0.313. The minimum absolute atomic E-state index is 0.160. The minimum Gasteiger partial charge on any atom is -0.354 e. The van der Waals surface area contributed by atoms with Gasteiger partial charge in [0.1, 0.15) is 18.0 Å². The lowest BCUT2D eigenvalue weighted by atomic mass is 10.1. The first-order valence-corrected chi connectivity index (χ1v) is 9.84. The molecule has 0 aliphatic carbocycles. The van der Waals surface area contributed by atoms with Crippen LogP contribution in [0.2, 0.25) is 0 Å². The van der Waals surface area contributed by atoms with Crippen LogP contribution in [-0.4, -0.2) is 43.8 Å². The smallest absolute Gasteiger partial charge is 0.209 e. The zero-order valence-electron chi connectivity index (χ0n) is 12.5. The summed E-state index contributed by atoms with van der Waals surface area (Å²) in [5, 5.41) is 0.737. The molecule has 1 fully saturated rings. The molecule has 0 spiro atoms. The molecule has 1 aliphatic rings. The predicted octanol–water partition coefficient (Wildman–Crippen LogP) is 2.05. The first-order valence-electron chi connectivity index (χ1n) is 7.15. The first kappa shape index (κ1) is 16.5. The Bertz CT molecular complexity index is 846. The van der Waals surface area contributed by atoms with Gasteiger partial charge >= 0.3 is 0 Å². The van der Waals surface area contributed by atoms with Crippen LogP contribution in [-0.2, 0) is 10.0 Å².